The molecule has 122 valence electrons. The van der Waals surface area contributed by atoms with Crippen LogP contribution in [0.5, 0.6) is 0 Å². The van der Waals surface area contributed by atoms with Gasteiger partial charge in [0.1, 0.15) is 0 Å². The zero-order valence-electron chi connectivity index (χ0n) is 12.6. The predicted octanol–water partition coefficient (Wildman–Crippen LogP) is 4.67. The third-order valence-corrected chi connectivity index (χ3v) is 5.39. The van der Waals surface area contributed by atoms with E-state index in [4.69, 9.17) is 11.6 Å². The molecule has 0 unspecified atom stereocenters. The van der Waals surface area contributed by atoms with E-state index in [2.05, 4.69) is 15.5 Å². The van der Waals surface area contributed by atoms with Crippen LogP contribution in [0.3, 0.4) is 0 Å². The van der Waals surface area contributed by atoms with Crippen molar-refractivity contribution in [1.29, 1.82) is 0 Å². The van der Waals surface area contributed by atoms with Gasteiger partial charge in [-0.25, -0.2) is 0 Å². The molecule has 0 radical (unpaired) electrons. The van der Waals surface area contributed by atoms with Gasteiger partial charge in [0, 0.05) is 10.8 Å². The predicted molar refractivity (Wildman–Crippen MR) is 99.7 cm³/mol. The van der Waals surface area contributed by atoms with Crippen molar-refractivity contribution < 1.29 is 4.79 Å². The van der Waals surface area contributed by atoms with Crippen molar-refractivity contribution in [3.05, 3.63) is 70.7 Å². The lowest BCUT2D eigenvalue weighted by Crippen LogP contribution is -2.14. The number of anilines is 1. The topological polar surface area (TPSA) is 54.9 Å². The first-order chi connectivity index (χ1) is 11.7. The minimum atomic E-state index is -0.0938. The van der Waals surface area contributed by atoms with Crippen LogP contribution in [0.2, 0.25) is 5.02 Å². The van der Waals surface area contributed by atoms with Gasteiger partial charge < -0.3 is 5.32 Å². The number of hydrogen-bond donors (Lipinski definition) is 1. The summed E-state index contributed by atoms with van der Waals surface area (Å²) in [6.45, 7) is 0. The van der Waals surface area contributed by atoms with Crippen molar-refractivity contribution in [3.63, 3.8) is 0 Å². The van der Waals surface area contributed by atoms with Crippen molar-refractivity contribution in [2.24, 2.45) is 0 Å². The molecule has 1 N–H and O–H groups in total. The molecule has 0 fully saturated rings. The number of benzene rings is 2. The first-order valence-electron chi connectivity index (χ1n) is 7.23. The molecule has 0 aliphatic carbocycles. The number of aromatic nitrogens is 2. The van der Waals surface area contributed by atoms with Crippen molar-refractivity contribution in [3.8, 4) is 0 Å². The number of amides is 1. The summed E-state index contributed by atoms with van der Waals surface area (Å²) in [4.78, 5) is 12.0. The summed E-state index contributed by atoms with van der Waals surface area (Å²) in [5.74, 6) is 0.663. The number of nitrogens with zero attached hydrogens (tertiary/aromatic N) is 2. The molecule has 0 saturated heterocycles. The molecule has 1 heterocycles. The maximum absolute atomic E-state index is 12.0. The molecule has 3 aromatic rings. The molecule has 0 atom stereocenters. The van der Waals surface area contributed by atoms with Gasteiger partial charge >= 0.3 is 0 Å². The summed E-state index contributed by atoms with van der Waals surface area (Å²) >= 11 is 8.91. The number of rotatable bonds is 6. The highest BCUT2D eigenvalue weighted by molar-refractivity contribution is 8.00. The van der Waals surface area contributed by atoms with Crippen LogP contribution in [0.25, 0.3) is 0 Å². The minimum absolute atomic E-state index is 0.0938. The number of nitrogens with one attached hydrogen (secondary N) is 1. The Morgan fingerprint density at radius 1 is 1.08 bits per heavy atom. The van der Waals surface area contributed by atoms with E-state index in [0.717, 1.165) is 26.2 Å². The fourth-order valence-electron chi connectivity index (χ4n) is 2.04. The molecule has 4 nitrogen and oxygen atoms in total. The van der Waals surface area contributed by atoms with Gasteiger partial charge in [-0.05, 0) is 23.3 Å². The van der Waals surface area contributed by atoms with Gasteiger partial charge in [-0.2, -0.15) is 0 Å². The van der Waals surface area contributed by atoms with Crippen LogP contribution in [-0.2, 0) is 17.0 Å². The molecular formula is C17H14ClN3OS2. The Kier molecular flexibility index (Phi) is 5.85. The number of hydrogen-bond acceptors (Lipinski definition) is 5. The van der Waals surface area contributed by atoms with Crippen LogP contribution < -0.4 is 5.32 Å². The van der Waals surface area contributed by atoms with Gasteiger partial charge in [-0.1, -0.05) is 77.2 Å². The Hall–Kier alpha value is -1.89. The number of carbonyl (C=O) groups is 1. The first-order valence-corrected chi connectivity index (χ1v) is 9.41. The molecule has 7 heteroatoms. The lowest BCUT2D eigenvalue weighted by molar-refractivity contribution is -0.115. The van der Waals surface area contributed by atoms with Crippen molar-refractivity contribution in [1.82, 2.24) is 10.2 Å². The number of thioether (sulfide) groups is 1. The van der Waals surface area contributed by atoms with Gasteiger partial charge in [-0.3, -0.25) is 4.79 Å². The Bertz CT molecular complexity index is 823. The number of carbonyl (C=O) groups excluding carboxylic acids is 1. The Morgan fingerprint density at radius 2 is 1.88 bits per heavy atom. The fraction of sp³-hybridized carbons (Fsp3) is 0.118. The van der Waals surface area contributed by atoms with Gasteiger partial charge in [-0.15, -0.1) is 10.2 Å². The Morgan fingerprint density at radius 3 is 2.67 bits per heavy atom. The third-order valence-electron chi connectivity index (χ3n) is 3.11. The van der Waals surface area contributed by atoms with Crippen molar-refractivity contribution in [2.45, 2.75) is 16.5 Å². The number of halogens is 1. The summed E-state index contributed by atoms with van der Waals surface area (Å²) < 4.78 is 0.810. The molecule has 3 rings (SSSR count). The Labute approximate surface area is 153 Å². The molecule has 1 amide bonds. The molecule has 0 spiro atoms. The summed E-state index contributed by atoms with van der Waals surface area (Å²) in [6, 6.07) is 17.3. The highest BCUT2D eigenvalue weighted by atomic mass is 35.5. The van der Waals surface area contributed by atoms with Crippen LogP contribution in [-0.4, -0.2) is 16.1 Å². The second-order valence-corrected chi connectivity index (χ2v) is 7.64. The van der Waals surface area contributed by atoms with Crippen molar-refractivity contribution in [2.75, 3.05) is 5.32 Å². The summed E-state index contributed by atoms with van der Waals surface area (Å²) in [6.07, 6.45) is 0.325. The normalized spacial score (nSPS) is 10.5. The zero-order chi connectivity index (χ0) is 16.8. The van der Waals surface area contributed by atoms with E-state index in [-0.39, 0.29) is 5.91 Å². The lowest BCUT2D eigenvalue weighted by atomic mass is 10.1. The highest BCUT2D eigenvalue weighted by Crippen LogP contribution is 2.28. The molecule has 24 heavy (non-hydrogen) atoms. The van der Waals surface area contributed by atoms with E-state index in [9.17, 15) is 4.79 Å². The van der Waals surface area contributed by atoms with Crippen LogP contribution >= 0.6 is 34.7 Å². The van der Waals surface area contributed by atoms with E-state index in [1.165, 1.54) is 11.3 Å². The van der Waals surface area contributed by atoms with Gasteiger partial charge in [0.15, 0.2) is 4.34 Å². The fourth-order valence-corrected chi connectivity index (χ4v) is 3.96. The van der Waals surface area contributed by atoms with Crippen LogP contribution in [0.4, 0.5) is 5.13 Å². The molecule has 0 aliphatic rings. The van der Waals surface area contributed by atoms with E-state index in [1.54, 1.807) is 11.8 Å². The Balaban J connectivity index is 1.52. The van der Waals surface area contributed by atoms with Crippen LogP contribution in [0.1, 0.15) is 11.1 Å². The molecule has 0 saturated carbocycles. The van der Waals surface area contributed by atoms with E-state index in [1.807, 2.05) is 54.6 Å². The third kappa shape index (κ3) is 5.06. The second kappa shape index (κ2) is 8.28. The summed E-state index contributed by atoms with van der Waals surface area (Å²) in [5, 5.41) is 12.1. The standard InChI is InChI=1S/C17H14ClN3OS2/c18-14-8-4-7-13(9-14)11-23-17-21-20-16(24-17)19-15(22)10-12-5-2-1-3-6-12/h1-9H,10-11H2,(H,19,20,22). The quantitative estimate of drug-likeness (QED) is 0.502. The molecular weight excluding hydrogens is 362 g/mol. The zero-order valence-corrected chi connectivity index (χ0v) is 15.0. The molecule has 0 bridgehead atoms. The SMILES string of the molecule is O=C(Cc1ccccc1)Nc1nnc(SCc2cccc(Cl)c2)s1. The van der Waals surface area contributed by atoms with E-state index >= 15 is 0 Å². The summed E-state index contributed by atoms with van der Waals surface area (Å²) in [5.41, 5.74) is 2.09. The molecule has 0 aliphatic heterocycles. The smallest absolute Gasteiger partial charge is 0.230 e. The van der Waals surface area contributed by atoms with E-state index < -0.39 is 0 Å². The van der Waals surface area contributed by atoms with Crippen LogP contribution in [0, 0.1) is 0 Å². The molecule has 2 aromatic carbocycles. The first kappa shape index (κ1) is 17.0. The average Bonchev–Trinajstić information content (AvgIpc) is 3.01. The lowest BCUT2D eigenvalue weighted by Gasteiger charge is -2.01. The van der Waals surface area contributed by atoms with E-state index in [0.29, 0.717) is 11.6 Å². The minimum Gasteiger partial charge on any atom is -0.300 e. The average molecular weight is 376 g/mol. The van der Waals surface area contributed by atoms with Gasteiger partial charge in [0.2, 0.25) is 11.0 Å². The van der Waals surface area contributed by atoms with Gasteiger partial charge in [0.05, 0.1) is 6.42 Å². The van der Waals surface area contributed by atoms with Crippen LogP contribution in [0.15, 0.2) is 58.9 Å². The van der Waals surface area contributed by atoms with Crippen molar-refractivity contribution >= 4 is 45.7 Å². The second-order valence-electron chi connectivity index (χ2n) is 5.00. The molecule has 1 aromatic heterocycles. The summed E-state index contributed by atoms with van der Waals surface area (Å²) in [7, 11) is 0. The largest absolute Gasteiger partial charge is 0.300 e. The maximum Gasteiger partial charge on any atom is 0.230 e. The highest BCUT2D eigenvalue weighted by Gasteiger charge is 2.09. The van der Waals surface area contributed by atoms with Gasteiger partial charge in [0.25, 0.3) is 0 Å². The monoisotopic (exact) mass is 375 g/mol. The maximum atomic E-state index is 12.0.